The summed E-state index contributed by atoms with van der Waals surface area (Å²) in [6, 6.07) is 9.35. The molecule has 9 heteroatoms. The van der Waals surface area contributed by atoms with Crippen molar-refractivity contribution >= 4 is 23.3 Å². The van der Waals surface area contributed by atoms with Crippen molar-refractivity contribution in [2.24, 2.45) is 0 Å². The third-order valence-corrected chi connectivity index (χ3v) is 5.71. The summed E-state index contributed by atoms with van der Waals surface area (Å²) in [5, 5.41) is 7.77. The van der Waals surface area contributed by atoms with Gasteiger partial charge in [0.1, 0.15) is 0 Å². The van der Waals surface area contributed by atoms with Crippen LogP contribution < -0.4 is 16.0 Å². The number of benzene rings is 2. The summed E-state index contributed by atoms with van der Waals surface area (Å²) in [4.78, 5) is 25.9. The van der Waals surface area contributed by atoms with Crippen molar-refractivity contribution < 1.29 is 22.8 Å². The summed E-state index contributed by atoms with van der Waals surface area (Å²) >= 11 is 0. The number of alkyl halides is 3. The van der Waals surface area contributed by atoms with E-state index in [0.717, 1.165) is 38.5 Å². The normalized spacial score (nSPS) is 14.5. The first-order valence-electron chi connectivity index (χ1n) is 11.6. The minimum Gasteiger partial charge on any atom is -0.338 e. The fraction of sp³-hybridized carbons (Fsp3) is 0.440. The van der Waals surface area contributed by atoms with E-state index in [1.807, 2.05) is 0 Å². The van der Waals surface area contributed by atoms with Crippen LogP contribution in [0, 0.1) is 0 Å². The van der Waals surface area contributed by atoms with Crippen molar-refractivity contribution in [1.82, 2.24) is 10.2 Å². The zero-order valence-corrected chi connectivity index (χ0v) is 19.3. The number of hydrogen-bond acceptors (Lipinski definition) is 3. The van der Waals surface area contributed by atoms with Gasteiger partial charge in [0.2, 0.25) is 5.91 Å². The molecule has 3 amide bonds. The molecular formula is C25H31F3N4O2. The Kier molecular flexibility index (Phi) is 8.92. The maximum atomic E-state index is 13.8. The molecule has 3 rings (SSSR count). The lowest BCUT2D eigenvalue weighted by atomic mass is 9.98. The molecule has 0 aliphatic carbocycles. The smallest absolute Gasteiger partial charge is 0.338 e. The number of hydrogen-bond donors (Lipinski definition) is 3. The summed E-state index contributed by atoms with van der Waals surface area (Å²) in [6.07, 6.45) is 0.910. The lowest BCUT2D eigenvalue weighted by Crippen LogP contribution is -2.32. The highest BCUT2D eigenvalue weighted by atomic mass is 19.4. The molecule has 3 N–H and O–H groups in total. The minimum atomic E-state index is -4.62. The SMILES string of the molecule is CC(=O)Nc1cccc(-c2ccc(NC(=O)NCCCCN3CCCCC3)cc2C(F)(F)F)c1. The first-order chi connectivity index (χ1) is 16.2. The van der Waals surface area contributed by atoms with Gasteiger partial charge in [-0.15, -0.1) is 0 Å². The zero-order chi connectivity index (χ0) is 24.6. The molecule has 0 saturated carbocycles. The van der Waals surface area contributed by atoms with Crippen molar-refractivity contribution in [2.75, 3.05) is 36.8 Å². The number of rotatable bonds is 8. The molecule has 0 radical (unpaired) electrons. The molecule has 1 heterocycles. The number of carbonyl (C=O) groups excluding carboxylic acids is 2. The summed E-state index contributed by atoms with van der Waals surface area (Å²) in [5.41, 5.74) is -0.140. The lowest BCUT2D eigenvalue weighted by Gasteiger charge is -2.26. The van der Waals surface area contributed by atoms with Gasteiger partial charge in [0.15, 0.2) is 0 Å². The molecule has 184 valence electrons. The molecule has 1 fully saturated rings. The zero-order valence-electron chi connectivity index (χ0n) is 19.3. The van der Waals surface area contributed by atoms with Crippen LogP contribution in [0.5, 0.6) is 0 Å². The summed E-state index contributed by atoms with van der Waals surface area (Å²) < 4.78 is 41.4. The van der Waals surface area contributed by atoms with E-state index < -0.39 is 17.8 Å². The second-order valence-corrected chi connectivity index (χ2v) is 8.51. The van der Waals surface area contributed by atoms with Crippen LogP contribution in [0.4, 0.5) is 29.3 Å². The number of unbranched alkanes of at least 4 members (excludes halogenated alkanes) is 1. The monoisotopic (exact) mass is 476 g/mol. The fourth-order valence-electron chi connectivity index (χ4n) is 4.10. The van der Waals surface area contributed by atoms with E-state index in [0.29, 0.717) is 17.8 Å². The highest BCUT2D eigenvalue weighted by Gasteiger charge is 2.34. The molecule has 0 spiro atoms. The molecule has 1 aliphatic heterocycles. The molecule has 6 nitrogen and oxygen atoms in total. The van der Waals surface area contributed by atoms with Crippen LogP contribution in [-0.4, -0.2) is 43.0 Å². The van der Waals surface area contributed by atoms with Gasteiger partial charge in [-0.2, -0.15) is 13.2 Å². The molecule has 2 aromatic rings. The van der Waals surface area contributed by atoms with E-state index in [9.17, 15) is 22.8 Å². The molecule has 0 atom stereocenters. The van der Waals surface area contributed by atoms with Gasteiger partial charge in [0.05, 0.1) is 5.56 Å². The maximum Gasteiger partial charge on any atom is 0.417 e. The van der Waals surface area contributed by atoms with E-state index >= 15 is 0 Å². The minimum absolute atomic E-state index is 0.0385. The van der Waals surface area contributed by atoms with Gasteiger partial charge in [-0.3, -0.25) is 4.79 Å². The van der Waals surface area contributed by atoms with Crippen LogP contribution in [-0.2, 0) is 11.0 Å². The van der Waals surface area contributed by atoms with Gasteiger partial charge in [0.25, 0.3) is 0 Å². The van der Waals surface area contributed by atoms with Crippen molar-refractivity contribution in [1.29, 1.82) is 0 Å². The predicted octanol–water partition coefficient (Wildman–Crippen LogP) is 5.72. The van der Waals surface area contributed by atoms with E-state index in [1.165, 1.54) is 44.4 Å². The highest BCUT2D eigenvalue weighted by molar-refractivity contribution is 5.91. The van der Waals surface area contributed by atoms with E-state index in [1.54, 1.807) is 18.2 Å². The Bertz CT molecular complexity index is 988. The van der Waals surface area contributed by atoms with Crippen LogP contribution >= 0.6 is 0 Å². The Morgan fingerprint density at radius 3 is 2.38 bits per heavy atom. The molecule has 0 aromatic heterocycles. The number of piperidine rings is 1. The highest BCUT2D eigenvalue weighted by Crippen LogP contribution is 2.39. The van der Waals surface area contributed by atoms with Gasteiger partial charge in [-0.05, 0) is 80.7 Å². The maximum absolute atomic E-state index is 13.8. The second-order valence-electron chi connectivity index (χ2n) is 8.51. The Morgan fingerprint density at radius 2 is 1.68 bits per heavy atom. The largest absolute Gasteiger partial charge is 0.417 e. The van der Waals surface area contributed by atoms with E-state index in [2.05, 4.69) is 20.9 Å². The van der Waals surface area contributed by atoms with Gasteiger partial charge in [-0.1, -0.05) is 24.6 Å². The van der Waals surface area contributed by atoms with Crippen molar-refractivity contribution in [3.8, 4) is 11.1 Å². The number of anilines is 2. The Labute approximate surface area is 197 Å². The standard InChI is InChI=1S/C25H31F3N4O2/c1-18(33)30-20-9-7-8-19(16-20)22-11-10-21(17-23(22)25(26,27)28)31-24(34)29-12-3-6-15-32-13-4-2-5-14-32/h7-11,16-17H,2-6,12-15H2,1H3,(H,30,33)(H2,29,31,34). The number of likely N-dealkylation sites (tertiary alicyclic amines) is 1. The number of amides is 3. The van der Waals surface area contributed by atoms with Gasteiger partial charge in [-0.25, -0.2) is 4.79 Å². The van der Waals surface area contributed by atoms with E-state index in [-0.39, 0.29) is 17.2 Å². The second kappa shape index (κ2) is 11.9. The first kappa shape index (κ1) is 25.6. The molecule has 34 heavy (non-hydrogen) atoms. The average Bonchev–Trinajstić information content (AvgIpc) is 2.79. The van der Waals surface area contributed by atoms with Crippen molar-refractivity contribution in [2.45, 2.75) is 45.2 Å². The average molecular weight is 477 g/mol. The first-order valence-corrected chi connectivity index (χ1v) is 11.6. The molecule has 1 saturated heterocycles. The predicted molar refractivity (Wildman–Crippen MR) is 128 cm³/mol. The molecule has 0 unspecified atom stereocenters. The lowest BCUT2D eigenvalue weighted by molar-refractivity contribution is -0.137. The number of carbonyl (C=O) groups is 2. The van der Waals surface area contributed by atoms with Crippen LogP contribution in [0.1, 0.15) is 44.6 Å². The molecule has 1 aliphatic rings. The summed E-state index contributed by atoms with van der Waals surface area (Å²) in [7, 11) is 0. The third-order valence-electron chi connectivity index (χ3n) is 5.71. The number of halogens is 3. The Balaban J connectivity index is 1.60. The fourth-order valence-corrected chi connectivity index (χ4v) is 4.10. The molecule has 0 bridgehead atoms. The van der Waals surface area contributed by atoms with Crippen molar-refractivity contribution in [3.63, 3.8) is 0 Å². The molecular weight excluding hydrogens is 445 g/mol. The number of urea groups is 1. The van der Waals surface area contributed by atoms with Gasteiger partial charge in [0, 0.05) is 24.8 Å². The Hall–Kier alpha value is -3.07. The summed E-state index contributed by atoms with van der Waals surface area (Å²) in [6.45, 7) is 5.04. The van der Waals surface area contributed by atoms with Crippen LogP contribution in [0.2, 0.25) is 0 Å². The number of nitrogens with one attached hydrogen (secondary N) is 3. The van der Waals surface area contributed by atoms with Crippen LogP contribution in [0.25, 0.3) is 11.1 Å². The third kappa shape index (κ3) is 7.76. The van der Waals surface area contributed by atoms with Gasteiger partial charge < -0.3 is 20.9 Å². The summed E-state index contributed by atoms with van der Waals surface area (Å²) in [5.74, 6) is -0.315. The molecule has 2 aromatic carbocycles. The topological polar surface area (TPSA) is 73.5 Å². The Morgan fingerprint density at radius 1 is 0.941 bits per heavy atom. The van der Waals surface area contributed by atoms with Crippen LogP contribution in [0.15, 0.2) is 42.5 Å². The van der Waals surface area contributed by atoms with Crippen LogP contribution in [0.3, 0.4) is 0 Å². The van der Waals surface area contributed by atoms with Crippen molar-refractivity contribution in [3.05, 3.63) is 48.0 Å². The van der Waals surface area contributed by atoms with E-state index in [4.69, 9.17) is 0 Å². The quantitative estimate of drug-likeness (QED) is 0.427. The van der Waals surface area contributed by atoms with Gasteiger partial charge >= 0.3 is 12.2 Å². The number of nitrogens with zero attached hydrogens (tertiary/aromatic N) is 1.